The monoisotopic (exact) mass is 397 g/mol. The van der Waals surface area contributed by atoms with Crippen molar-refractivity contribution in [3.63, 3.8) is 0 Å². The van der Waals surface area contributed by atoms with E-state index in [4.69, 9.17) is 14.7 Å². The number of nitrogens with zero attached hydrogens (tertiary/aromatic N) is 6. The van der Waals surface area contributed by atoms with E-state index >= 15 is 0 Å². The Kier molecular flexibility index (Phi) is 5.47. The Morgan fingerprint density at radius 1 is 1.10 bits per heavy atom. The van der Waals surface area contributed by atoms with E-state index in [-0.39, 0.29) is 0 Å². The van der Waals surface area contributed by atoms with Crippen molar-refractivity contribution in [3.05, 3.63) is 35.4 Å². The summed E-state index contributed by atoms with van der Waals surface area (Å²) in [5, 5.41) is 2.05. The molecule has 8 nitrogen and oxygen atoms in total. The number of ether oxygens (including phenoxy) is 1. The van der Waals surface area contributed by atoms with Crippen LogP contribution >= 0.6 is 0 Å². The van der Waals surface area contributed by atoms with Crippen molar-refractivity contribution in [1.29, 1.82) is 0 Å². The van der Waals surface area contributed by atoms with Gasteiger partial charge < -0.3 is 19.4 Å². The molecule has 156 valence electrons. The molecule has 0 radical (unpaired) electrons. The van der Waals surface area contributed by atoms with E-state index in [0.717, 1.165) is 55.9 Å². The van der Waals surface area contributed by atoms with Gasteiger partial charge in [0, 0.05) is 40.3 Å². The molecule has 4 rings (SSSR count). The quantitative estimate of drug-likeness (QED) is 0.760. The topological polar surface area (TPSA) is 60.0 Å². The van der Waals surface area contributed by atoms with Crippen LogP contribution in [0.25, 0.3) is 0 Å². The van der Waals surface area contributed by atoms with Gasteiger partial charge in [-0.3, -0.25) is 5.01 Å². The summed E-state index contributed by atoms with van der Waals surface area (Å²) in [6.07, 6.45) is 1.04. The van der Waals surface area contributed by atoms with Crippen LogP contribution in [0.5, 0.6) is 5.75 Å². The molecule has 29 heavy (non-hydrogen) atoms. The maximum Gasteiger partial charge on any atom is 0.229 e. The predicted octanol–water partition coefficient (Wildman–Crippen LogP) is 1.89. The van der Waals surface area contributed by atoms with Gasteiger partial charge in [0.2, 0.25) is 5.95 Å². The molecule has 2 aliphatic rings. The van der Waals surface area contributed by atoms with E-state index < -0.39 is 0 Å². The summed E-state index contributed by atoms with van der Waals surface area (Å²) in [6, 6.07) is 8.57. The molecule has 2 aromatic rings. The van der Waals surface area contributed by atoms with Crippen molar-refractivity contribution in [2.45, 2.75) is 19.0 Å². The molecule has 8 heteroatoms. The van der Waals surface area contributed by atoms with Crippen molar-refractivity contribution < 1.29 is 4.74 Å². The molecule has 3 heterocycles. The summed E-state index contributed by atoms with van der Waals surface area (Å²) in [5.74, 6) is 3.69. The number of benzene rings is 1. The number of nitrogens with one attached hydrogen (secondary N) is 1. The molecule has 1 aromatic heterocycles. The Morgan fingerprint density at radius 2 is 1.83 bits per heavy atom. The van der Waals surface area contributed by atoms with Gasteiger partial charge in [-0.05, 0) is 38.2 Å². The molecule has 2 aliphatic heterocycles. The summed E-state index contributed by atoms with van der Waals surface area (Å²) in [4.78, 5) is 16.6. The lowest BCUT2D eigenvalue weighted by molar-refractivity contribution is 0.414. The molecule has 1 aromatic carbocycles. The average molecular weight is 398 g/mol. The first-order chi connectivity index (χ1) is 14.0. The number of aromatic nitrogens is 2. The van der Waals surface area contributed by atoms with Gasteiger partial charge in [0.1, 0.15) is 11.6 Å². The first kappa shape index (κ1) is 19.7. The lowest BCUT2D eigenvalue weighted by Gasteiger charge is -2.33. The van der Waals surface area contributed by atoms with Gasteiger partial charge in [0.25, 0.3) is 0 Å². The van der Waals surface area contributed by atoms with Gasteiger partial charge >= 0.3 is 0 Å². The zero-order valence-corrected chi connectivity index (χ0v) is 18.0. The number of hydrogen-bond acceptors (Lipinski definition) is 8. The number of anilines is 3. The Bertz CT molecular complexity index is 855. The normalized spacial score (nSPS) is 17.7. The van der Waals surface area contributed by atoms with E-state index in [1.165, 1.54) is 11.1 Å². The van der Waals surface area contributed by atoms with E-state index in [1.54, 1.807) is 7.11 Å². The summed E-state index contributed by atoms with van der Waals surface area (Å²) >= 11 is 0. The fraction of sp³-hybridized carbons (Fsp3) is 0.524. The van der Waals surface area contributed by atoms with Crippen molar-refractivity contribution >= 4 is 17.6 Å². The van der Waals surface area contributed by atoms with Crippen LogP contribution in [0.4, 0.5) is 17.6 Å². The highest BCUT2D eigenvalue weighted by Gasteiger charge is 2.37. The minimum Gasteiger partial charge on any atom is -0.497 e. The van der Waals surface area contributed by atoms with Crippen LogP contribution in [0.15, 0.2) is 24.3 Å². The van der Waals surface area contributed by atoms with Gasteiger partial charge in [-0.15, -0.1) is 0 Å². The van der Waals surface area contributed by atoms with Crippen molar-refractivity contribution in [1.82, 2.24) is 20.3 Å². The number of rotatable bonds is 7. The summed E-state index contributed by atoms with van der Waals surface area (Å²) < 4.78 is 5.29. The van der Waals surface area contributed by atoms with Gasteiger partial charge in [-0.2, -0.15) is 9.97 Å². The standard InChI is InChI=1S/C21H31N7O/c1-25(2)12-13-26(3)21-22-19-18-17(24-27(19)4)10-11-28(20(18)23-21)14-15-6-8-16(29-5)9-7-15/h6-9,17,24H,10-14H2,1-5H3. The van der Waals surface area contributed by atoms with E-state index in [9.17, 15) is 0 Å². The molecule has 0 fully saturated rings. The van der Waals surface area contributed by atoms with Gasteiger partial charge in [0.15, 0.2) is 5.82 Å². The van der Waals surface area contributed by atoms with E-state index in [0.29, 0.717) is 6.04 Å². The fourth-order valence-electron chi connectivity index (χ4n) is 3.93. The maximum absolute atomic E-state index is 5.29. The summed E-state index contributed by atoms with van der Waals surface area (Å²) in [7, 11) is 9.97. The van der Waals surface area contributed by atoms with Crippen LogP contribution < -0.4 is 25.0 Å². The number of hydrazine groups is 1. The van der Waals surface area contributed by atoms with Crippen LogP contribution in [0.3, 0.4) is 0 Å². The van der Waals surface area contributed by atoms with Crippen LogP contribution in [-0.4, -0.2) is 69.8 Å². The molecular formula is C21H31N7O. The Balaban J connectivity index is 1.65. The predicted molar refractivity (Wildman–Crippen MR) is 117 cm³/mol. The zero-order chi connectivity index (χ0) is 20.5. The maximum atomic E-state index is 5.29. The fourth-order valence-corrected chi connectivity index (χ4v) is 3.93. The van der Waals surface area contributed by atoms with Crippen LogP contribution in [0, 0.1) is 0 Å². The second kappa shape index (κ2) is 8.04. The number of likely N-dealkylation sites (N-methyl/N-ethyl adjacent to an activating group) is 2. The smallest absolute Gasteiger partial charge is 0.229 e. The molecule has 0 aliphatic carbocycles. The average Bonchev–Trinajstić information content (AvgIpc) is 3.05. The third kappa shape index (κ3) is 3.95. The summed E-state index contributed by atoms with van der Waals surface area (Å²) in [6.45, 7) is 3.62. The number of hydrogen-bond donors (Lipinski definition) is 1. The summed E-state index contributed by atoms with van der Waals surface area (Å²) in [5.41, 5.74) is 6.01. The second-order valence-electron chi connectivity index (χ2n) is 8.11. The van der Waals surface area contributed by atoms with Gasteiger partial charge in [0.05, 0.1) is 18.7 Å². The molecule has 1 atom stereocenters. The molecule has 1 unspecified atom stereocenters. The second-order valence-corrected chi connectivity index (χ2v) is 8.11. The lowest BCUT2D eigenvalue weighted by Crippen LogP contribution is -2.36. The SMILES string of the molecule is COc1ccc(CN2CCC3NN(C)c4nc(N(C)CCN(C)C)nc2c43)cc1. The van der Waals surface area contributed by atoms with Crippen molar-refractivity contribution in [2.24, 2.45) is 0 Å². The molecule has 0 spiro atoms. The minimum atomic E-state index is 0.290. The van der Waals surface area contributed by atoms with Crippen molar-refractivity contribution in [3.8, 4) is 5.75 Å². The van der Waals surface area contributed by atoms with E-state index in [1.807, 2.05) is 24.2 Å². The van der Waals surface area contributed by atoms with Gasteiger partial charge in [-0.1, -0.05) is 12.1 Å². The van der Waals surface area contributed by atoms with Crippen molar-refractivity contribution in [2.75, 3.05) is 69.7 Å². The highest BCUT2D eigenvalue weighted by atomic mass is 16.5. The Morgan fingerprint density at radius 3 is 2.52 bits per heavy atom. The molecule has 0 saturated heterocycles. The first-order valence-electron chi connectivity index (χ1n) is 10.1. The molecule has 1 N–H and O–H groups in total. The lowest BCUT2D eigenvalue weighted by atomic mass is 10.0. The Hall–Kier alpha value is -2.58. The molecule has 0 bridgehead atoms. The largest absolute Gasteiger partial charge is 0.497 e. The van der Waals surface area contributed by atoms with Crippen LogP contribution in [0.2, 0.25) is 0 Å². The van der Waals surface area contributed by atoms with Crippen LogP contribution in [0.1, 0.15) is 23.6 Å². The molecule has 0 amide bonds. The van der Waals surface area contributed by atoms with Crippen LogP contribution in [-0.2, 0) is 6.54 Å². The van der Waals surface area contributed by atoms with E-state index in [2.05, 4.69) is 53.4 Å². The number of methoxy groups -OCH3 is 1. The third-order valence-corrected chi connectivity index (χ3v) is 5.65. The zero-order valence-electron chi connectivity index (χ0n) is 18.0. The molecular weight excluding hydrogens is 366 g/mol. The third-order valence-electron chi connectivity index (χ3n) is 5.65. The highest BCUT2D eigenvalue weighted by molar-refractivity contribution is 5.68. The van der Waals surface area contributed by atoms with Gasteiger partial charge in [-0.25, -0.2) is 5.43 Å². The Labute approximate surface area is 173 Å². The first-order valence-corrected chi connectivity index (χ1v) is 10.1. The highest BCUT2D eigenvalue weighted by Crippen LogP contribution is 2.43. The molecule has 0 saturated carbocycles. The minimum absolute atomic E-state index is 0.290.